The smallest absolute Gasteiger partial charge is 0.167 e. The lowest BCUT2D eigenvalue weighted by molar-refractivity contribution is 0.626. The van der Waals surface area contributed by atoms with E-state index in [-0.39, 0.29) is 5.82 Å². The van der Waals surface area contributed by atoms with E-state index in [0.29, 0.717) is 11.0 Å². The lowest BCUT2D eigenvalue weighted by Gasteiger charge is -1.97. The first-order valence-electron chi connectivity index (χ1n) is 3.41. The predicted molar refractivity (Wildman–Crippen MR) is 42.9 cm³/mol. The van der Waals surface area contributed by atoms with Gasteiger partial charge in [-0.15, -0.1) is 0 Å². The number of nitrogens with zero attached hydrogens (tertiary/aromatic N) is 3. The van der Waals surface area contributed by atoms with Crippen LogP contribution in [0.25, 0.3) is 11.0 Å². The highest BCUT2D eigenvalue weighted by Gasteiger charge is 2.08. The molecule has 2 aromatic rings. The fourth-order valence-electron chi connectivity index (χ4n) is 1.15. The van der Waals surface area contributed by atoms with Crippen molar-refractivity contribution in [3.63, 3.8) is 0 Å². The highest BCUT2D eigenvalue weighted by Crippen LogP contribution is 2.18. The highest BCUT2D eigenvalue weighted by atomic mass is 19.1. The molecular weight excluding hydrogens is 159 g/mol. The number of hydrogen-bond acceptors (Lipinski definition) is 3. The number of aromatic nitrogens is 3. The molecule has 0 spiro atoms. The minimum Gasteiger partial charge on any atom is -0.382 e. The van der Waals surface area contributed by atoms with E-state index in [1.807, 2.05) is 0 Å². The maximum Gasteiger partial charge on any atom is 0.167 e. The Morgan fingerprint density at radius 3 is 2.92 bits per heavy atom. The molecule has 2 aromatic heterocycles. The number of nitrogens with two attached hydrogens (primary N) is 1. The van der Waals surface area contributed by atoms with Gasteiger partial charge in [0.2, 0.25) is 0 Å². The van der Waals surface area contributed by atoms with E-state index in [1.54, 1.807) is 11.6 Å². The van der Waals surface area contributed by atoms with Gasteiger partial charge in [-0.2, -0.15) is 0 Å². The van der Waals surface area contributed by atoms with Crippen LogP contribution < -0.4 is 5.73 Å². The highest BCUT2D eigenvalue weighted by molar-refractivity contribution is 5.84. The van der Waals surface area contributed by atoms with Gasteiger partial charge in [-0.3, -0.25) is 0 Å². The van der Waals surface area contributed by atoms with E-state index < -0.39 is 5.82 Å². The van der Waals surface area contributed by atoms with Crippen LogP contribution in [0.3, 0.4) is 0 Å². The van der Waals surface area contributed by atoms with Gasteiger partial charge in [0.25, 0.3) is 0 Å². The second-order valence-electron chi connectivity index (χ2n) is 2.54. The molecule has 0 saturated carbocycles. The Labute approximate surface area is 67.8 Å². The van der Waals surface area contributed by atoms with Gasteiger partial charge >= 0.3 is 0 Å². The number of nitrogen functional groups attached to an aromatic ring is 1. The summed E-state index contributed by atoms with van der Waals surface area (Å²) < 4.78 is 14.7. The number of aryl methyl sites for hydroxylation is 1. The van der Waals surface area contributed by atoms with Crippen molar-refractivity contribution in [2.45, 2.75) is 0 Å². The summed E-state index contributed by atoms with van der Waals surface area (Å²) in [5, 5.41) is 0. The molecule has 0 aliphatic heterocycles. The van der Waals surface area contributed by atoms with Gasteiger partial charge in [0.1, 0.15) is 11.0 Å². The van der Waals surface area contributed by atoms with Crippen molar-refractivity contribution < 1.29 is 4.39 Å². The molecule has 0 unspecified atom stereocenters. The van der Waals surface area contributed by atoms with Gasteiger partial charge in [0.15, 0.2) is 11.6 Å². The Hall–Kier alpha value is -1.65. The third-order valence-corrected chi connectivity index (χ3v) is 1.72. The summed E-state index contributed by atoms with van der Waals surface area (Å²) in [6.45, 7) is 0. The fourth-order valence-corrected chi connectivity index (χ4v) is 1.15. The molecule has 62 valence electrons. The summed E-state index contributed by atoms with van der Waals surface area (Å²) >= 11 is 0. The van der Waals surface area contributed by atoms with Gasteiger partial charge in [-0.05, 0) is 0 Å². The summed E-state index contributed by atoms with van der Waals surface area (Å²) in [5.74, 6) is -0.147. The van der Waals surface area contributed by atoms with Crippen LogP contribution in [0.1, 0.15) is 0 Å². The molecule has 0 aliphatic carbocycles. The second kappa shape index (κ2) is 2.17. The minimum atomic E-state index is -0.404. The van der Waals surface area contributed by atoms with Crippen LogP contribution in [-0.4, -0.2) is 14.5 Å². The average molecular weight is 166 g/mol. The summed E-state index contributed by atoms with van der Waals surface area (Å²) in [4.78, 5) is 7.56. The average Bonchev–Trinajstić information content (AvgIpc) is 2.42. The van der Waals surface area contributed by atoms with Crippen molar-refractivity contribution in [1.82, 2.24) is 14.5 Å². The second-order valence-corrected chi connectivity index (χ2v) is 2.54. The Kier molecular flexibility index (Phi) is 1.27. The van der Waals surface area contributed by atoms with Crippen molar-refractivity contribution in [3.8, 4) is 0 Å². The van der Waals surface area contributed by atoms with Crippen LogP contribution in [0.4, 0.5) is 10.2 Å². The molecule has 5 heteroatoms. The number of anilines is 1. The minimum absolute atomic E-state index is 0.256. The number of halogens is 1. The molecular formula is C7H7FN4. The summed E-state index contributed by atoms with van der Waals surface area (Å²) in [5.41, 5.74) is 6.29. The summed E-state index contributed by atoms with van der Waals surface area (Å²) in [7, 11) is 1.71. The molecule has 0 radical (unpaired) electrons. The standard InChI is InChI=1S/C7H7FN4/c1-12-3-11-5-6(12)4(8)2-10-7(5)9/h2-3H,1H3,(H2,9,10). The molecule has 2 N–H and O–H groups in total. The maximum absolute atomic E-state index is 13.1. The quantitative estimate of drug-likeness (QED) is 0.626. The summed E-state index contributed by atoms with van der Waals surface area (Å²) in [6.07, 6.45) is 2.60. The van der Waals surface area contributed by atoms with Gasteiger partial charge in [-0.25, -0.2) is 14.4 Å². The number of fused-ring (bicyclic) bond motifs is 1. The van der Waals surface area contributed by atoms with Gasteiger partial charge < -0.3 is 10.3 Å². The van der Waals surface area contributed by atoms with E-state index in [0.717, 1.165) is 6.20 Å². The van der Waals surface area contributed by atoms with Crippen molar-refractivity contribution in [3.05, 3.63) is 18.3 Å². The van der Waals surface area contributed by atoms with Crippen molar-refractivity contribution in [1.29, 1.82) is 0 Å². The number of hydrogen-bond donors (Lipinski definition) is 1. The van der Waals surface area contributed by atoms with E-state index in [9.17, 15) is 4.39 Å². The van der Waals surface area contributed by atoms with E-state index in [4.69, 9.17) is 5.73 Å². The Morgan fingerprint density at radius 2 is 2.25 bits per heavy atom. The zero-order valence-electron chi connectivity index (χ0n) is 6.45. The first-order chi connectivity index (χ1) is 5.70. The molecule has 0 saturated heterocycles. The molecule has 0 fully saturated rings. The maximum atomic E-state index is 13.1. The first kappa shape index (κ1) is 7.02. The number of imidazole rings is 1. The predicted octanol–water partition coefficient (Wildman–Crippen LogP) is 0.690. The molecule has 0 amide bonds. The molecule has 0 atom stereocenters. The van der Waals surface area contributed by atoms with E-state index >= 15 is 0 Å². The molecule has 2 heterocycles. The molecule has 0 aliphatic rings. The molecule has 4 nitrogen and oxygen atoms in total. The molecule has 12 heavy (non-hydrogen) atoms. The van der Waals surface area contributed by atoms with Crippen LogP contribution in [0, 0.1) is 5.82 Å². The van der Waals surface area contributed by atoms with E-state index in [2.05, 4.69) is 9.97 Å². The lowest BCUT2D eigenvalue weighted by atomic mass is 10.4. The molecule has 2 rings (SSSR count). The topological polar surface area (TPSA) is 56.7 Å². The number of pyridine rings is 1. The van der Waals surface area contributed by atoms with Crippen LogP contribution in [-0.2, 0) is 7.05 Å². The van der Waals surface area contributed by atoms with Crippen molar-refractivity contribution >= 4 is 16.9 Å². The zero-order valence-corrected chi connectivity index (χ0v) is 6.45. The normalized spacial score (nSPS) is 10.8. The van der Waals surface area contributed by atoms with Gasteiger partial charge in [0.05, 0.1) is 12.5 Å². The summed E-state index contributed by atoms with van der Waals surface area (Å²) in [6, 6.07) is 0. The monoisotopic (exact) mass is 166 g/mol. The van der Waals surface area contributed by atoms with E-state index in [1.165, 1.54) is 6.33 Å². The largest absolute Gasteiger partial charge is 0.382 e. The number of rotatable bonds is 0. The van der Waals surface area contributed by atoms with Crippen LogP contribution in [0.15, 0.2) is 12.5 Å². The zero-order chi connectivity index (χ0) is 8.72. The van der Waals surface area contributed by atoms with Crippen molar-refractivity contribution in [2.75, 3.05) is 5.73 Å². The van der Waals surface area contributed by atoms with Crippen molar-refractivity contribution in [2.24, 2.45) is 7.05 Å². The van der Waals surface area contributed by atoms with Gasteiger partial charge in [0, 0.05) is 7.05 Å². The third-order valence-electron chi connectivity index (χ3n) is 1.72. The SMILES string of the molecule is Cn1cnc2c(N)ncc(F)c21. The van der Waals surface area contributed by atoms with Crippen LogP contribution in [0.5, 0.6) is 0 Å². The van der Waals surface area contributed by atoms with Crippen LogP contribution in [0.2, 0.25) is 0 Å². The molecule has 0 bridgehead atoms. The molecule has 0 aromatic carbocycles. The third kappa shape index (κ3) is 0.761. The Bertz CT molecular complexity index is 434. The van der Waals surface area contributed by atoms with Gasteiger partial charge in [-0.1, -0.05) is 0 Å². The first-order valence-corrected chi connectivity index (χ1v) is 3.41. The lowest BCUT2D eigenvalue weighted by Crippen LogP contribution is -1.95. The fraction of sp³-hybridized carbons (Fsp3) is 0.143. The Balaban J connectivity index is 2.98. The van der Waals surface area contributed by atoms with Crippen LogP contribution >= 0.6 is 0 Å². The Morgan fingerprint density at radius 1 is 1.50 bits per heavy atom.